The van der Waals surface area contributed by atoms with E-state index in [0.29, 0.717) is 6.61 Å². The molecule has 1 aromatic carbocycles. The zero-order valence-electron chi connectivity index (χ0n) is 10.8. The monoisotopic (exact) mass is 287 g/mol. The number of ether oxygens (including phenoxy) is 1. The predicted molar refractivity (Wildman–Crippen MR) is 67.1 cm³/mol. The highest BCUT2D eigenvalue weighted by molar-refractivity contribution is 5.98. The lowest BCUT2D eigenvalue weighted by Gasteiger charge is -2.15. The molecule has 0 saturated carbocycles. The number of hydrogen-bond donors (Lipinski definition) is 2. The molecule has 1 unspecified atom stereocenters. The number of rotatable bonds is 7. The van der Waals surface area contributed by atoms with Crippen molar-refractivity contribution in [2.45, 2.75) is 25.8 Å². The number of carbonyl (C=O) groups excluding carboxylic acids is 1. The zero-order valence-corrected chi connectivity index (χ0v) is 10.8. The Morgan fingerprint density at radius 2 is 2.00 bits per heavy atom. The van der Waals surface area contributed by atoms with Gasteiger partial charge in [-0.15, -0.1) is 0 Å². The summed E-state index contributed by atoms with van der Waals surface area (Å²) in [6.45, 7) is 2.05. The van der Waals surface area contributed by atoms with Crippen LogP contribution in [0.1, 0.15) is 23.7 Å². The van der Waals surface area contributed by atoms with Crippen molar-refractivity contribution >= 4 is 11.9 Å². The molecule has 0 fully saturated rings. The van der Waals surface area contributed by atoms with Crippen molar-refractivity contribution in [3.05, 3.63) is 29.8 Å². The molecule has 110 valence electrons. The molecule has 0 aliphatic carbocycles. The molecule has 20 heavy (non-hydrogen) atoms. The molecule has 1 atom stereocenters. The van der Waals surface area contributed by atoms with Crippen LogP contribution in [-0.4, -0.2) is 36.1 Å². The molecule has 0 spiro atoms. The number of para-hydroxylation sites is 1. The molecule has 1 amide bonds. The normalized spacial score (nSPS) is 12.0. The average molecular weight is 287 g/mol. The molecule has 0 aliphatic rings. The van der Waals surface area contributed by atoms with Crippen LogP contribution in [0.25, 0.3) is 0 Å². The van der Waals surface area contributed by atoms with Gasteiger partial charge in [0.05, 0.1) is 12.2 Å². The third-order valence-electron chi connectivity index (χ3n) is 2.45. The first-order chi connectivity index (χ1) is 9.45. The second-order valence-corrected chi connectivity index (χ2v) is 3.92. The molecule has 2 N–H and O–H groups in total. The van der Waals surface area contributed by atoms with E-state index in [1.54, 1.807) is 25.1 Å². The molecule has 0 bridgehead atoms. The number of hydrogen-bond acceptors (Lipinski definition) is 3. The Balaban J connectivity index is 2.86. The molecule has 5 nitrogen and oxygen atoms in total. The summed E-state index contributed by atoms with van der Waals surface area (Å²) < 4.78 is 29.7. The Morgan fingerprint density at radius 3 is 2.55 bits per heavy atom. The summed E-state index contributed by atoms with van der Waals surface area (Å²) >= 11 is 0. The summed E-state index contributed by atoms with van der Waals surface area (Å²) in [5.41, 5.74) is 0.106. The molecule has 0 heterocycles. The SMILES string of the molecule is CCOc1ccccc1C(=O)NC(CC(F)F)C(=O)O. The van der Waals surface area contributed by atoms with Gasteiger partial charge in [0.25, 0.3) is 5.91 Å². The van der Waals surface area contributed by atoms with Crippen LogP contribution >= 0.6 is 0 Å². The van der Waals surface area contributed by atoms with Gasteiger partial charge in [0.1, 0.15) is 11.8 Å². The largest absolute Gasteiger partial charge is 0.493 e. The molecular weight excluding hydrogens is 272 g/mol. The average Bonchev–Trinajstić information content (AvgIpc) is 2.38. The first-order valence-corrected chi connectivity index (χ1v) is 5.99. The third kappa shape index (κ3) is 4.49. The standard InChI is InChI=1S/C13H15F2NO4/c1-2-20-10-6-4-3-5-8(10)12(17)16-9(13(18)19)7-11(14)15/h3-6,9,11H,2,7H2,1H3,(H,16,17)(H,18,19). The van der Waals surface area contributed by atoms with E-state index >= 15 is 0 Å². The minimum Gasteiger partial charge on any atom is -0.493 e. The van der Waals surface area contributed by atoms with E-state index in [2.05, 4.69) is 5.32 Å². The Hall–Kier alpha value is -2.18. The molecule has 0 saturated heterocycles. The van der Waals surface area contributed by atoms with Gasteiger partial charge in [-0.2, -0.15) is 0 Å². The number of nitrogens with one attached hydrogen (secondary N) is 1. The maximum absolute atomic E-state index is 12.3. The van der Waals surface area contributed by atoms with Crippen LogP contribution in [0.4, 0.5) is 8.78 Å². The van der Waals surface area contributed by atoms with Crippen molar-refractivity contribution in [3.8, 4) is 5.75 Å². The van der Waals surface area contributed by atoms with Gasteiger partial charge in [-0.1, -0.05) is 12.1 Å². The van der Waals surface area contributed by atoms with Crippen molar-refractivity contribution in [2.24, 2.45) is 0 Å². The van der Waals surface area contributed by atoms with Gasteiger partial charge in [0.15, 0.2) is 0 Å². The number of carbonyl (C=O) groups is 2. The Morgan fingerprint density at radius 1 is 1.35 bits per heavy atom. The fourth-order valence-corrected chi connectivity index (χ4v) is 1.57. The van der Waals surface area contributed by atoms with E-state index in [0.717, 1.165) is 0 Å². The highest BCUT2D eigenvalue weighted by Gasteiger charge is 2.25. The van der Waals surface area contributed by atoms with Crippen LogP contribution in [0, 0.1) is 0 Å². The van der Waals surface area contributed by atoms with E-state index < -0.39 is 30.8 Å². The predicted octanol–water partition coefficient (Wildman–Crippen LogP) is 1.92. The van der Waals surface area contributed by atoms with Crippen LogP contribution in [-0.2, 0) is 4.79 Å². The maximum atomic E-state index is 12.3. The van der Waals surface area contributed by atoms with E-state index in [4.69, 9.17) is 9.84 Å². The van der Waals surface area contributed by atoms with Crippen molar-refractivity contribution in [1.29, 1.82) is 0 Å². The lowest BCUT2D eigenvalue weighted by atomic mass is 10.1. The number of carboxylic acids is 1. The van der Waals surface area contributed by atoms with Gasteiger partial charge in [-0.05, 0) is 19.1 Å². The fraction of sp³-hybridized carbons (Fsp3) is 0.385. The highest BCUT2D eigenvalue weighted by atomic mass is 19.3. The smallest absolute Gasteiger partial charge is 0.326 e. The number of halogens is 2. The zero-order chi connectivity index (χ0) is 15.1. The Labute approximate surface area is 114 Å². The highest BCUT2D eigenvalue weighted by Crippen LogP contribution is 2.18. The third-order valence-corrected chi connectivity index (χ3v) is 2.45. The van der Waals surface area contributed by atoms with Gasteiger partial charge >= 0.3 is 5.97 Å². The first kappa shape index (κ1) is 15.9. The molecule has 1 aromatic rings. The molecule has 0 aliphatic heterocycles. The molecule has 0 aromatic heterocycles. The number of amides is 1. The van der Waals surface area contributed by atoms with Crippen LogP contribution in [0.15, 0.2) is 24.3 Å². The van der Waals surface area contributed by atoms with Crippen LogP contribution in [0.2, 0.25) is 0 Å². The fourth-order valence-electron chi connectivity index (χ4n) is 1.57. The van der Waals surface area contributed by atoms with Gasteiger partial charge in [0, 0.05) is 6.42 Å². The van der Waals surface area contributed by atoms with Crippen LogP contribution in [0.3, 0.4) is 0 Å². The molecule has 7 heteroatoms. The molecule has 1 rings (SSSR count). The summed E-state index contributed by atoms with van der Waals surface area (Å²) in [5, 5.41) is 10.9. The van der Waals surface area contributed by atoms with Crippen molar-refractivity contribution in [2.75, 3.05) is 6.61 Å². The van der Waals surface area contributed by atoms with E-state index in [1.165, 1.54) is 6.07 Å². The van der Waals surface area contributed by atoms with Gasteiger partial charge < -0.3 is 15.2 Å². The lowest BCUT2D eigenvalue weighted by molar-refractivity contribution is -0.140. The topological polar surface area (TPSA) is 75.6 Å². The number of carboxylic acid groups (broad SMARTS) is 1. The number of alkyl halides is 2. The van der Waals surface area contributed by atoms with Crippen LogP contribution < -0.4 is 10.1 Å². The van der Waals surface area contributed by atoms with Gasteiger partial charge in [-0.25, -0.2) is 13.6 Å². The van der Waals surface area contributed by atoms with Crippen molar-refractivity contribution < 1.29 is 28.2 Å². The summed E-state index contributed by atoms with van der Waals surface area (Å²) in [6, 6.07) is 4.55. The molecular formula is C13H15F2NO4. The maximum Gasteiger partial charge on any atom is 0.326 e. The first-order valence-electron chi connectivity index (χ1n) is 5.99. The van der Waals surface area contributed by atoms with E-state index in [-0.39, 0.29) is 11.3 Å². The van der Waals surface area contributed by atoms with Gasteiger partial charge in [0.2, 0.25) is 6.43 Å². The molecule has 0 radical (unpaired) electrons. The summed E-state index contributed by atoms with van der Waals surface area (Å²) in [4.78, 5) is 22.8. The number of aliphatic carboxylic acids is 1. The van der Waals surface area contributed by atoms with Gasteiger partial charge in [-0.3, -0.25) is 4.79 Å². The summed E-state index contributed by atoms with van der Waals surface area (Å²) in [6.07, 6.45) is -3.77. The second kappa shape index (κ2) is 7.42. The van der Waals surface area contributed by atoms with Crippen molar-refractivity contribution in [1.82, 2.24) is 5.32 Å². The minimum atomic E-state index is -2.82. The van der Waals surface area contributed by atoms with Crippen molar-refractivity contribution in [3.63, 3.8) is 0 Å². The minimum absolute atomic E-state index is 0.106. The Kier molecular flexibility index (Phi) is 5.89. The quantitative estimate of drug-likeness (QED) is 0.803. The Bertz CT molecular complexity index is 479. The van der Waals surface area contributed by atoms with E-state index in [9.17, 15) is 18.4 Å². The number of benzene rings is 1. The van der Waals surface area contributed by atoms with Crippen LogP contribution in [0.5, 0.6) is 5.75 Å². The summed E-state index contributed by atoms with van der Waals surface area (Å²) in [5.74, 6) is -2.00. The summed E-state index contributed by atoms with van der Waals surface area (Å²) in [7, 11) is 0. The second-order valence-electron chi connectivity index (χ2n) is 3.92. The van der Waals surface area contributed by atoms with E-state index in [1.807, 2.05) is 0 Å². The lowest BCUT2D eigenvalue weighted by Crippen LogP contribution is -2.42.